The summed E-state index contributed by atoms with van der Waals surface area (Å²) >= 11 is 0. The zero-order chi connectivity index (χ0) is 10.7. The molecular weight excluding hydrogens is 184 g/mol. The molecule has 4 heteroatoms. The van der Waals surface area contributed by atoms with Gasteiger partial charge in [0.1, 0.15) is 6.10 Å². The highest BCUT2D eigenvalue weighted by atomic mass is 16.7. The topological polar surface area (TPSA) is 47.9 Å². The van der Waals surface area contributed by atoms with Crippen molar-refractivity contribution in [2.24, 2.45) is 5.92 Å². The van der Waals surface area contributed by atoms with E-state index in [1.807, 2.05) is 13.8 Å². The zero-order valence-electron chi connectivity index (χ0n) is 9.27. The SMILES string of the molecule is CCC1OC(OC)C(OC)C(C)C1O. The second-order valence-corrected chi connectivity index (χ2v) is 3.74. The molecule has 1 rings (SSSR count). The molecule has 1 heterocycles. The van der Waals surface area contributed by atoms with E-state index in [0.717, 1.165) is 6.42 Å². The number of hydrogen-bond donors (Lipinski definition) is 1. The average Bonchev–Trinajstić information content (AvgIpc) is 2.21. The summed E-state index contributed by atoms with van der Waals surface area (Å²) in [5.41, 5.74) is 0. The van der Waals surface area contributed by atoms with Crippen LogP contribution < -0.4 is 0 Å². The van der Waals surface area contributed by atoms with Crippen molar-refractivity contribution in [1.29, 1.82) is 0 Å². The Bertz CT molecular complexity index is 172. The van der Waals surface area contributed by atoms with Crippen LogP contribution in [0.3, 0.4) is 0 Å². The van der Waals surface area contributed by atoms with Crippen LogP contribution in [-0.2, 0) is 14.2 Å². The van der Waals surface area contributed by atoms with Gasteiger partial charge in [0.2, 0.25) is 0 Å². The van der Waals surface area contributed by atoms with E-state index in [0.29, 0.717) is 0 Å². The van der Waals surface area contributed by atoms with Crippen LogP contribution in [0.5, 0.6) is 0 Å². The lowest BCUT2D eigenvalue weighted by Crippen LogP contribution is -2.54. The Morgan fingerprint density at radius 3 is 2.36 bits per heavy atom. The highest BCUT2D eigenvalue weighted by Crippen LogP contribution is 2.29. The Balaban J connectivity index is 2.71. The lowest BCUT2D eigenvalue weighted by atomic mass is 9.89. The molecule has 1 N–H and O–H groups in total. The van der Waals surface area contributed by atoms with Gasteiger partial charge in [0.15, 0.2) is 6.29 Å². The van der Waals surface area contributed by atoms with Gasteiger partial charge in [-0.1, -0.05) is 13.8 Å². The Hall–Kier alpha value is -0.160. The van der Waals surface area contributed by atoms with E-state index in [-0.39, 0.29) is 24.4 Å². The maximum atomic E-state index is 9.89. The summed E-state index contributed by atoms with van der Waals surface area (Å²) in [4.78, 5) is 0. The minimum absolute atomic E-state index is 0.0312. The summed E-state index contributed by atoms with van der Waals surface area (Å²) in [7, 11) is 3.20. The van der Waals surface area contributed by atoms with Crippen LogP contribution in [0, 0.1) is 5.92 Å². The van der Waals surface area contributed by atoms with E-state index in [9.17, 15) is 5.11 Å². The van der Waals surface area contributed by atoms with Gasteiger partial charge in [0, 0.05) is 20.1 Å². The fourth-order valence-electron chi connectivity index (χ4n) is 1.96. The van der Waals surface area contributed by atoms with Crippen LogP contribution in [-0.4, -0.2) is 43.9 Å². The van der Waals surface area contributed by atoms with E-state index in [2.05, 4.69) is 0 Å². The maximum Gasteiger partial charge on any atom is 0.184 e. The van der Waals surface area contributed by atoms with Crippen LogP contribution in [0.15, 0.2) is 0 Å². The maximum absolute atomic E-state index is 9.89. The summed E-state index contributed by atoms with van der Waals surface area (Å²) < 4.78 is 16.0. The van der Waals surface area contributed by atoms with Gasteiger partial charge in [0.05, 0.1) is 12.2 Å². The van der Waals surface area contributed by atoms with Crippen molar-refractivity contribution >= 4 is 0 Å². The number of hydrogen-bond acceptors (Lipinski definition) is 4. The van der Waals surface area contributed by atoms with Crippen LogP contribution in [0.25, 0.3) is 0 Å². The Morgan fingerprint density at radius 2 is 1.93 bits per heavy atom. The molecule has 1 fully saturated rings. The van der Waals surface area contributed by atoms with Crippen LogP contribution in [0.4, 0.5) is 0 Å². The molecule has 0 aromatic carbocycles. The van der Waals surface area contributed by atoms with Gasteiger partial charge >= 0.3 is 0 Å². The van der Waals surface area contributed by atoms with Crippen molar-refractivity contribution in [2.75, 3.05) is 14.2 Å². The molecule has 0 aliphatic carbocycles. The van der Waals surface area contributed by atoms with Crippen LogP contribution >= 0.6 is 0 Å². The highest BCUT2D eigenvalue weighted by molar-refractivity contribution is 4.86. The summed E-state index contributed by atoms with van der Waals surface area (Å²) in [5.74, 6) is 0.0312. The molecule has 0 amide bonds. The number of aliphatic hydroxyl groups excluding tert-OH is 1. The van der Waals surface area contributed by atoms with E-state index in [1.165, 1.54) is 0 Å². The fraction of sp³-hybridized carbons (Fsp3) is 1.00. The Kier molecular flexibility index (Phi) is 4.31. The molecule has 1 saturated heterocycles. The number of aliphatic hydroxyl groups is 1. The predicted octanol–water partition coefficient (Wildman–Crippen LogP) is 0.780. The molecule has 5 unspecified atom stereocenters. The second-order valence-electron chi connectivity index (χ2n) is 3.74. The van der Waals surface area contributed by atoms with E-state index < -0.39 is 6.10 Å². The van der Waals surface area contributed by atoms with Gasteiger partial charge in [-0.3, -0.25) is 0 Å². The van der Waals surface area contributed by atoms with E-state index >= 15 is 0 Å². The molecule has 0 aromatic rings. The summed E-state index contributed by atoms with van der Waals surface area (Å²) in [5, 5.41) is 9.89. The van der Waals surface area contributed by atoms with Gasteiger partial charge in [-0.15, -0.1) is 0 Å². The first-order valence-electron chi connectivity index (χ1n) is 5.04. The first-order valence-corrected chi connectivity index (χ1v) is 5.04. The molecule has 1 aliphatic rings. The largest absolute Gasteiger partial charge is 0.390 e. The Morgan fingerprint density at radius 1 is 1.29 bits per heavy atom. The number of rotatable bonds is 3. The third kappa shape index (κ3) is 2.08. The second kappa shape index (κ2) is 5.07. The molecule has 4 nitrogen and oxygen atoms in total. The molecule has 5 atom stereocenters. The molecule has 84 valence electrons. The molecule has 0 spiro atoms. The smallest absolute Gasteiger partial charge is 0.184 e. The van der Waals surface area contributed by atoms with E-state index in [4.69, 9.17) is 14.2 Å². The van der Waals surface area contributed by atoms with Gasteiger partial charge in [-0.05, 0) is 6.42 Å². The highest BCUT2D eigenvalue weighted by Gasteiger charge is 2.42. The van der Waals surface area contributed by atoms with Crippen molar-refractivity contribution < 1.29 is 19.3 Å². The van der Waals surface area contributed by atoms with Crippen molar-refractivity contribution in [3.63, 3.8) is 0 Å². The van der Waals surface area contributed by atoms with E-state index in [1.54, 1.807) is 14.2 Å². The third-order valence-electron chi connectivity index (χ3n) is 2.92. The van der Waals surface area contributed by atoms with Crippen molar-refractivity contribution in [1.82, 2.24) is 0 Å². The lowest BCUT2D eigenvalue weighted by Gasteiger charge is -2.42. The minimum Gasteiger partial charge on any atom is -0.390 e. The zero-order valence-corrected chi connectivity index (χ0v) is 9.27. The van der Waals surface area contributed by atoms with Gasteiger partial charge < -0.3 is 19.3 Å². The van der Waals surface area contributed by atoms with Crippen LogP contribution in [0.2, 0.25) is 0 Å². The van der Waals surface area contributed by atoms with Gasteiger partial charge in [0.25, 0.3) is 0 Å². The first-order chi connectivity index (χ1) is 6.65. The Labute approximate surface area is 85.2 Å². The molecule has 0 bridgehead atoms. The lowest BCUT2D eigenvalue weighted by molar-refractivity contribution is -0.280. The predicted molar refractivity (Wildman–Crippen MR) is 51.9 cm³/mol. The fourth-order valence-corrected chi connectivity index (χ4v) is 1.96. The monoisotopic (exact) mass is 204 g/mol. The number of methoxy groups -OCH3 is 2. The standard InChI is InChI=1S/C10H20O4/c1-5-7-8(11)6(2)9(12-3)10(13-4)14-7/h6-11H,5H2,1-4H3. The molecule has 0 radical (unpaired) electrons. The third-order valence-corrected chi connectivity index (χ3v) is 2.92. The normalized spacial score (nSPS) is 43.9. The van der Waals surface area contributed by atoms with Crippen molar-refractivity contribution in [3.05, 3.63) is 0 Å². The summed E-state index contributed by atoms with van der Waals surface area (Å²) in [6.45, 7) is 3.94. The minimum atomic E-state index is -0.476. The molecule has 1 aliphatic heterocycles. The van der Waals surface area contributed by atoms with Gasteiger partial charge in [-0.25, -0.2) is 0 Å². The first kappa shape index (κ1) is 11.9. The van der Waals surface area contributed by atoms with Crippen LogP contribution in [0.1, 0.15) is 20.3 Å². The molecule has 14 heavy (non-hydrogen) atoms. The van der Waals surface area contributed by atoms with Crippen molar-refractivity contribution in [3.8, 4) is 0 Å². The summed E-state index contributed by atoms with van der Waals surface area (Å²) in [6.07, 6.45) is -0.416. The quantitative estimate of drug-likeness (QED) is 0.738. The summed E-state index contributed by atoms with van der Waals surface area (Å²) in [6, 6.07) is 0. The molecular formula is C10H20O4. The number of ether oxygens (including phenoxy) is 3. The van der Waals surface area contributed by atoms with Gasteiger partial charge in [-0.2, -0.15) is 0 Å². The average molecular weight is 204 g/mol. The molecule has 0 aromatic heterocycles. The van der Waals surface area contributed by atoms with Crippen molar-refractivity contribution in [2.45, 2.75) is 44.9 Å². The molecule has 0 saturated carbocycles.